The van der Waals surface area contributed by atoms with E-state index in [1.54, 1.807) is 0 Å². The number of nitrogens with one attached hydrogen (secondary N) is 4. The first-order valence-corrected chi connectivity index (χ1v) is 23.6. The van der Waals surface area contributed by atoms with Gasteiger partial charge in [-0.2, -0.15) is 0 Å². The normalized spacial score (nSPS) is 12.9. The number of hydrogen-bond donors (Lipinski definition) is 4. The molecule has 0 saturated carbocycles. The second-order valence-electron chi connectivity index (χ2n) is 17.8. The Hall–Kier alpha value is -9.42. The quantitative estimate of drug-likeness (QED) is 0.135. The van der Waals surface area contributed by atoms with Gasteiger partial charge in [-0.1, -0.05) is 0 Å². The highest BCUT2D eigenvalue weighted by atomic mass is 15.0. The van der Waals surface area contributed by atoms with Crippen molar-refractivity contribution in [3.8, 4) is 33.6 Å². The van der Waals surface area contributed by atoms with Crippen LogP contribution in [0.4, 0.5) is 0 Å². The van der Waals surface area contributed by atoms with Crippen LogP contribution in [0.1, 0.15) is 59.4 Å². The molecule has 0 amide bonds. The predicted octanol–water partition coefficient (Wildman–Crippen LogP) is 13.4. The first kappa shape index (κ1) is 39.7. The molecule has 16 bridgehead atoms. The SMILES string of the molecule is CCn1c(-c2c3nc(c(-c4c5nc(cc6ccc(cc7nc(c(-c8cc9cnccc9n8CC)c8ccc4[nH]8)C=C7)[nH]6)C=C5)c4ccc(cc5nc(cc6ccc2[nH]6)C=C5)[nH]4)C=C3)cc2cnccc21. The first-order chi connectivity index (χ1) is 34.5. The van der Waals surface area contributed by atoms with E-state index in [0.717, 1.165) is 158 Å². The van der Waals surface area contributed by atoms with E-state index in [1.165, 1.54) is 0 Å². The largest absolute Gasteiger partial charge is 0.355 e. The van der Waals surface area contributed by atoms with Crippen molar-refractivity contribution in [2.75, 3.05) is 0 Å². The lowest BCUT2D eigenvalue weighted by atomic mass is 10.0. The van der Waals surface area contributed by atoms with Gasteiger partial charge >= 0.3 is 0 Å². The van der Waals surface area contributed by atoms with E-state index in [9.17, 15) is 0 Å². The maximum absolute atomic E-state index is 5.66. The van der Waals surface area contributed by atoms with Crippen LogP contribution in [0.2, 0.25) is 0 Å². The highest BCUT2D eigenvalue weighted by Gasteiger charge is 2.23. The standard InChI is InChI=1S/C58H42N12/c1-3-69-51-21-23-59-31-33(51)25-53(69)55-43-13-9-39(63-43)27-35-5-7-37(61-35)29-41-11-15-47(65-41)57(49-19-17-45(55)67-49)58-48-16-12-42(66-48)30-38-8-6-36(62-38)28-40-10-14-44(64-40)56(46-18-20-50(58)68-46)54-26-34-32-60-24-22-52(34)70(54)4-2/h5-32,61,64,66-67H,3-4H2,1-2H3. The summed E-state index contributed by atoms with van der Waals surface area (Å²) in [5.74, 6) is 0. The summed E-state index contributed by atoms with van der Waals surface area (Å²) >= 11 is 0. The Balaban J connectivity index is 1.14. The van der Waals surface area contributed by atoms with Crippen LogP contribution in [-0.2, 0) is 13.1 Å². The number of rotatable bonds is 5. The molecule has 0 atom stereocenters. The molecule has 0 aromatic carbocycles. The summed E-state index contributed by atoms with van der Waals surface area (Å²) in [5.41, 5.74) is 22.0. The molecule has 0 radical (unpaired) electrons. The molecule has 4 aliphatic rings. The lowest BCUT2D eigenvalue weighted by Gasteiger charge is -2.10. The molecule has 4 N–H and O–H groups in total. The molecule has 10 aromatic rings. The van der Waals surface area contributed by atoms with Gasteiger partial charge in [-0.05, 0) is 160 Å². The van der Waals surface area contributed by atoms with E-state index in [2.05, 4.69) is 199 Å². The van der Waals surface area contributed by atoms with E-state index in [4.69, 9.17) is 19.9 Å². The maximum Gasteiger partial charge on any atom is 0.0752 e. The predicted molar refractivity (Wildman–Crippen MR) is 286 cm³/mol. The number of H-pyrrole nitrogens is 4. The summed E-state index contributed by atoms with van der Waals surface area (Å²) in [6.45, 7) is 5.87. The van der Waals surface area contributed by atoms with Crippen LogP contribution in [0.3, 0.4) is 0 Å². The summed E-state index contributed by atoms with van der Waals surface area (Å²) in [6, 6.07) is 33.9. The molecule has 4 aliphatic heterocycles. The van der Waals surface area contributed by atoms with Gasteiger partial charge in [-0.15, -0.1) is 0 Å². The lowest BCUT2D eigenvalue weighted by molar-refractivity contribution is 0.805. The van der Waals surface area contributed by atoms with E-state index in [-0.39, 0.29) is 0 Å². The van der Waals surface area contributed by atoms with Gasteiger partial charge < -0.3 is 29.1 Å². The Morgan fingerprint density at radius 1 is 0.371 bits per heavy atom. The summed E-state index contributed by atoms with van der Waals surface area (Å²) in [7, 11) is 0. The Labute approximate surface area is 399 Å². The molecule has 334 valence electrons. The summed E-state index contributed by atoms with van der Waals surface area (Å²) in [4.78, 5) is 45.4. The van der Waals surface area contributed by atoms with Crippen LogP contribution in [-0.4, -0.2) is 59.0 Å². The average molecular weight is 907 g/mol. The zero-order valence-electron chi connectivity index (χ0n) is 38.2. The molecule has 0 aliphatic carbocycles. The number of aryl methyl sites for hydroxylation is 2. The fourth-order valence-corrected chi connectivity index (χ4v) is 10.5. The molecule has 12 nitrogen and oxygen atoms in total. The van der Waals surface area contributed by atoms with Gasteiger partial charge in [0.15, 0.2) is 0 Å². The molecule has 0 spiro atoms. The van der Waals surface area contributed by atoms with Gasteiger partial charge in [0, 0.05) is 104 Å². The van der Waals surface area contributed by atoms with Crippen molar-refractivity contribution in [3.63, 3.8) is 0 Å². The van der Waals surface area contributed by atoms with Crippen LogP contribution in [0.15, 0.2) is 122 Å². The second kappa shape index (κ2) is 15.6. The lowest BCUT2D eigenvalue weighted by Crippen LogP contribution is -1.98. The van der Waals surface area contributed by atoms with E-state index < -0.39 is 0 Å². The minimum atomic E-state index is 0.756. The van der Waals surface area contributed by atoms with Gasteiger partial charge in [-0.25, -0.2) is 19.9 Å². The zero-order valence-corrected chi connectivity index (χ0v) is 38.2. The molecule has 70 heavy (non-hydrogen) atoms. The summed E-state index contributed by atoms with van der Waals surface area (Å²) in [6.07, 6.45) is 24.3. The molecular weight excluding hydrogens is 865 g/mol. The number of aromatic amines is 4. The van der Waals surface area contributed by atoms with Crippen molar-refractivity contribution in [1.82, 2.24) is 59.0 Å². The molecule has 14 rings (SSSR count). The van der Waals surface area contributed by atoms with Crippen molar-refractivity contribution in [1.29, 1.82) is 0 Å². The minimum absolute atomic E-state index is 0.756. The smallest absolute Gasteiger partial charge is 0.0752 e. The molecule has 14 heterocycles. The fourth-order valence-electron chi connectivity index (χ4n) is 10.5. The molecule has 0 saturated heterocycles. The van der Waals surface area contributed by atoms with Gasteiger partial charge in [-0.3, -0.25) is 9.97 Å². The molecule has 10 aromatic heterocycles. The van der Waals surface area contributed by atoms with Crippen molar-refractivity contribution >= 4 is 115 Å². The minimum Gasteiger partial charge on any atom is -0.355 e. The van der Waals surface area contributed by atoms with Gasteiger partial charge in [0.2, 0.25) is 0 Å². The molecule has 0 unspecified atom stereocenters. The fraction of sp³-hybridized carbons (Fsp3) is 0.0690. The monoisotopic (exact) mass is 906 g/mol. The van der Waals surface area contributed by atoms with E-state index in [1.807, 2.05) is 24.8 Å². The summed E-state index contributed by atoms with van der Waals surface area (Å²) in [5, 5.41) is 2.13. The summed E-state index contributed by atoms with van der Waals surface area (Å²) < 4.78 is 4.68. The molecule has 12 heteroatoms. The van der Waals surface area contributed by atoms with Crippen LogP contribution >= 0.6 is 0 Å². The zero-order chi connectivity index (χ0) is 46.5. The topological polar surface area (TPSA) is 150 Å². The number of hydrogen-bond acceptors (Lipinski definition) is 6. The Kier molecular flexibility index (Phi) is 8.84. The van der Waals surface area contributed by atoms with Crippen molar-refractivity contribution in [2.45, 2.75) is 26.9 Å². The highest BCUT2D eigenvalue weighted by Crippen LogP contribution is 2.41. The second-order valence-corrected chi connectivity index (χ2v) is 17.8. The Bertz CT molecular complexity index is 4260. The van der Waals surface area contributed by atoms with Crippen LogP contribution in [0.5, 0.6) is 0 Å². The van der Waals surface area contributed by atoms with Crippen molar-refractivity contribution in [3.05, 3.63) is 167 Å². The number of pyridine rings is 2. The van der Waals surface area contributed by atoms with Crippen LogP contribution in [0, 0.1) is 0 Å². The highest BCUT2D eigenvalue weighted by molar-refractivity contribution is 6.04. The van der Waals surface area contributed by atoms with Gasteiger partial charge in [0.25, 0.3) is 0 Å². The third kappa shape index (κ3) is 6.52. The van der Waals surface area contributed by atoms with Gasteiger partial charge in [0.1, 0.15) is 0 Å². The maximum atomic E-state index is 5.66. The third-order valence-electron chi connectivity index (χ3n) is 13.6. The van der Waals surface area contributed by atoms with Crippen LogP contribution < -0.4 is 0 Å². The number of nitrogens with zero attached hydrogens (tertiary/aromatic N) is 8. The Morgan fingerprint density at radius 3 is 1.30 bits per heavy atom. The molecular formula is C58H42N12. The van der Waals surface area contributed by atoms with Crippen molar-refractivity contribution in [2.24, 2.45) is 0 Å². The van der Waals surface area contributed by atoms with Crippen LogP contribution in [0.25, 0.3) is 148 Å². The molecule has 0 fully saturated rings. The number of aromatic nitrogens is 12. The van der Waals surface area contributed by atoms with E-state index >= 15 is 0 Å². The third-order valence-corrected chi connectivity index (χ3v) is 13.6. The number of fused-ring (bicyclic) bond motifs is 18. The van der Waals surface area contributed by atoms with Gasteiger partial charge in [0.05, 0.1) is 79.0 Å². The van der Waals surface area contributed by atoms with E-state index in [0.29, 0.717) is 0 Å². The Morgan fingerprint density at radius 2 is 0.757 bits per heavy atom. The first-order valence-electron chi connectivity index (χ1n) is 23.6. The van der Waals surface area contributed by atoms with Crippen molar-refractivity contribution < 1.29 is 0 Å². The average Bonchev–Trinajstić information content (AvgIpc) is 4.20.